The molecular weight excluding hydrogens is 320 g/mol. The zero-order chi connectivity index (χ0) is 17.6. The molecule has 2 atom stereocenters. The highest BCUT2D eigenvalue weighted by Gasteiger charge is 2.52. The summed E-state index contributed by atoms with van der Waals surface area (Å²) < 4.78 is 0. The van der Waals surface area contributed by atoms with Crippen molar-refractivity contribution in [2.75, 3.05) is 26.7 Å². The predicted octanol–water partition coefficient (Wildman–Crippen LogP) is 1.57. The third-order valence-electron chi connectivity index (χ3n) is 5.91. The molecule has 132 valence electrons. The third-order valence-corrected chi connectivity index (χ3v) is 5.91. The first-order valence-electron chi connectivity index (χ1n) is 8.67. The Morgan fingerprint density at radius 1 is 1.32 bits per heavy atom. The topological polar surface area (TPSA) is 89.5 Å². The number of fused-ring (bicyclic) bond motifs is 2. The Balaban J connectivity index is 1.59. The van der Waals surface area contributed by atoms with Crippen LogP contribution in [0, 0.1) is 5.41 Å². The first-order chi connectivity index (χ1) is 12.0. The molecule has 25 heavy (non-hydrogen) atoms. The van der Waals surface area contributed by atoms with Crippen molar-refractivity contribution in [2.45, 2.75) is 25.3 Å². The van der Waals surface area contributed by atoms with Gasteiger partial charge in [0, 0.05) is 24.7 Å². The van der Waals surface area contributed by atoms with E-state index in [0.717, 1.165) is 24.0 Å². The Hall–Kier alpha value is -2.41. The van der Waals surface area contributed by atoms with Gasteiger partial charge in [0.05, 0.1) is 22.8 Å². The first-order valence-corrected chi connectivity index (χ1v) is 8.67. The number of nitrogens with zero attached hydrogens (tertiary/aromatic N) is 3. The van der Waals surface area contributed by atoms with Crippen LogP contribution < -0.4 is 0 Å². The van der Waals surface area contributed by atoms with E-state index in [1.165, 1.54) is 0 Å². The first kappa shape index (κ1) is 16.1. The molecule has 1 aromatic carbocycles. The zero-order valence-corrected chi connectivity index (χ0v) is 14.2. The minimum absolute atomic E-state index is 0.0468. The highest BCUT2D eigenvalue weighted by atomic mass is 16.4. The van der Waals surface area contributed by atoms with Gasteiger partial charge < -0.3 is 19.9 Å². The number of benzene rings is 1. The van der Waals surface area contributed by atoms with Crippen molar-refractivity contribution >= 4 is 22.9 Å². The fraction of sp³-hybridized carbons (Fsp3) is 0.500. The molecule has 0 bridgehead atoms. The Morgan fingerprint density at radius 3 is 2.96 bits per heavy atom. The molecule has 2 aliphatic rings. The van der Waals surface area contributed by atoms with Crippen LogP contribution in [0.15, 0.2) is 24.5 Å². The molecule has 4 rings (SSSR count). The van der Waals surface area contributed by atoms with Gasteiger partial charge in [0.2, 0.25) is 0 Å². The minimum Gasteiger partial charge on any atom is -0.481 e. The Morgan fingerprint density at radius 2 is 2.16 bits per heavy atom. The molecule has 7 heteroatoms. The van der Waals surface area contributed by atoms with E-state index >= 15 is 0 Å². The number of aromatic nitrogens is 2. The summed E-state index contributed by atoms with van der Waals surface area (Å²) in [6, 6.07) is 5.30. The van der Waals surface area contributed by atoms with Crippen molar-refractivity contribution in [1.29, 1.82) is 0 Å². The third kappa shape index (κ3) is 2.50. The summed E-state index contributed by atoms with van der Waals surface area (Å²) in [6.07, 6.45) is 3.70. The van der Waals surface area contributed by atoms with Gasteiger partial charge in [-0.05, 0) is 51.1 Å². The average molecular weight is 342 g/mol. The van der Waals surface area contributed by atoms with Crippen LogP contribution in [0.1, 0.15) is 29.6 Å². The number of amides is 1. The molecule has 7 nitrogen and oxygen atoms in total. The van der Waals surface area contributed by atoms with Gasteiger partial charge in [0.25, 0.3) is 5.91 Å². The molecule has 1 amide bonds. The van der Waals surface area contributed by atoms with E-state index in [-0.39, 0.29) is 11.9 Å². The lowest BCUT2D eigenvalue weighted by molar-refractivity contribution is -0.161. The highest BCUT2D eigenvalue weighted by Crippen LogP contribution is 2.42. The molecule has 2 N–H and O–H groups in total. The summed E-state index contributed by atoms with van der Waals surface area (Å²) >= 11 is 0. The van der Waals surface area contributed by atoms with Gasteiger partial charge in [-0.3, -0.25) is 9.59 Å². The van der Waals surface area contributed by atoms with Gasteiger partial charge in [0.1, 0.15) is 0 Å². The van der Waals surface area contributed by atoms with Crippen LogP contribution in [0.5, 0.6) is 0 Å². The van der Waals surface area contributed by atoms with Gasteiger partial charge in [-0.25, -0.2) is 4.98 Å². The number of aromatic amines is 1. The van der Waals surface area contributed by atoms with Gasteiger partial charge in [-0.1, -0.05) is 0 Å². The van der Waals surface area contributed by atoms with E-state index < -0.39 is 11.4 Å². The number of piperidine rings is 2. The van der Waals surface area contributed by atoms with Gasteiger partial charge in [0.15, 0.2) is 0 Å². The Labute approximate surface area is 145 Å². The quantitative estimate of drug-likeness (QED) is 0.865. The van der Waals surface area contributed by atoms with E-state index in [9.17, 15) is 14.7 Å². The summed E-state index contributed by atoms with van der Waals surface area (Å²) in [5.41, 5.74) is 1.54. The number of likely N-dealkylation sites (tertiary alicyclic amines) is 2. The lowest BCUT2D eigenvalue weighted by Crippen LogP contribution is -2.63. The number of carboxylic acids is 1. The number of imidazole rings is 1. The molecule has 2 aromatic rings. The van der Waals surface area contributed by atoms with Gasteiger partial charge >= 0.3 is 5.97 Å². The number of carboxylic acid groups (broad SMARTS) is 1. The standard InChI is InChI=1S/C18H22N4O3/c1-21-7-2-5-18(17(24)25)6-8-22(10-15(18)21)16(23)12-3-4-13-14(9-12)20-11-19-13/h3-4,9,11,15H,2,5-8,10H2,1H3,(H,19,20)(H,24,25)/t15-,18+/m1/s1. The predicted molar refractivity (Wildman–Crippen MR) is 92.3 cm³/mol. The van der Waals surface area contributed by atoms with Crippen LogP contribution in [-0.2, 0) is 4.79 Å². The number of carbonyl (C=O) groups is 2. The number of rotatable bonds is 2. The smallest absolute Gasteiger partial charge is 0.311 e. The second-order valence-corrected chi connectivity index (χ2v) is 7.20. The zero-order valence-electron chi connectivity index (χ0n) is 14.2. The van der Waals surface area contributed by atoms with Crippen molar-refractivity contribution in [3.05, 3.63) is 30.1 Å². The number of H-pyrrole nitrogens is 1. The number of hydrogen-bond donors (Lipinski definition) is 2. The number of hydrogen-bond acceptors (Lipinski definition) is 4. The van der Waals surface area contributed by atoms with Crippen molar-refractivity contribution in [3.63, 3.8) is 0 Å². The molecule has 2 aliphatic heterocycles. The van der Waals surface area contributed by atoms with Crippen molar-refractivity contribution < 1.29 is 14.7 Å². The van der Waals surface area contributed by atoms with Gasteiger partial charge in [-0.2, -0.15) is 0 Å². The van der Waals surface area contributed by atoms with E-state index in [1.54, 1.807) is 17.3 Å². The summed E-state index contributed by atoms with van der Waals surface area (Å²) in [5, 5.41) is 9.84. The average Bonchev–Trinajstić information content (AvgIpc) is 3.08. The highest BCUT2D eigenvalue weighted by molar-refractivity contribution is 5.97. The maximum absolute atomic E-state index is 12.9. The summed E-state index contributed by atoms with van der Waals surface area (Å²) in [7, 11) is 1.96. The maximum Gasteiger partial charge on any atom is 0.311 e. The summed E-state index contributed by atoms with van der Waals surface area (Å²) in [5.74, 6) is -0.774. The fourth-order valence-corrected chi connectivity index (χ4v) is 4.42. The summed E-state index contributed by atoms with van der Waals surface area (Å²) in [4.78, 5) is 36.0. The van der Waals surface area contributed by atoms with E-state index in [0.29, 0.717) is 31.5 Å². The summed E-state index contributed by atoms with van der Waals surface area (Å²) in [6.45, 7) is 1.82. The van der Waals surface area contributed by atoms with Gasteiger partial charge in [-0.15, -0.1) is 0 Å². The molecule has 2 saturated heterocycles. The fourth-order valence-electron chi connectivity index (χ4n) is 4.42. The van der Waals surface area contributed by atoms with Crippen molar-refractivity contribution in [3.8, 4) is 0 Å². The number of likely N-dealkylation sites (N-methyl/N-ethyl adjacent to an activating group) is 1. The normalized spacial score (nSPS) is 27.2. The molecule has 0 saturated carbocycles. The number of aliphatic carboxylic acids is 1. The molecule has 2 fully saturated rings. The van der Waals surface area contributed by atoms with Crippen LogP contribution in [0.4, 0.5) is 0 Å². The van der Waals surface area contributed by atoms with Crippen LogP contribution in [0.3, 0.4) is 0 Å². The van der Waals surface area contributed by atoms with Crippen LogP contribution in [-0.4, -0.2) is 69.5 Å². The number of nitrogens with one attached hydrogen (secondary N) is 1. The molecule has 0 unspecified atom stereocenters. The Bertz CT molecular complexity index is 833. The van der Waals surface area contributed by atoms with E-state index in [4.69, 9.17) is 0 Å². The van der Waals surface area contributed by atoms with Crippen LogP contribution in [0.2, 0.25) is 0 Å². The van der Waals surface area contributed by atoms with E-state index in [1.807, 2.05) is 19.2 Å². The molecule has 0 radical (unpaired) electrons. The second kappa shape index (κ2) is 5.84. The minimum atomic E-state index is -0.727. The van der Waals surface area contributed by atoms with Crippen LogP contribution in [0.25, 0.3) is 11.0 Å². The van der Waals surface area contributed by atoms with Crippen molar-refractivity contribution in [2.24, 2.45) is 5.41 Å². The Kier molecular flexibility index (Phi) is 3.76. The molecule has 0 aliphatic carbocycles. The SMILES string of the molecule is CN1CCC[C@]2(C(=O)O)CCN(C(=O)c3ccc4nc[nH]c4c3)C[C@@H]12. The molecule has 1 aromatic heterocycles. The maximum atomic E-state index is 12.9. The second-order valence-electron chi connectivity index (χ2n) is 7.20. The lowest BCUT2D eigenvalue weighted by Gasteiger charge is -2.51. The van der Waals surface area contributed by atoms with Crippen LogP contribution >= 0.6 is 0 Å². The lowest BCUT2D eigenvalue weighted by atomic mass is 9.68. The van der Waals surface area contributed by atoms with E-state index in [2.05, 4.69) is 14.9 Å². The number of carbonyl (C=O) groups excluding carboxylic acids is 1. The molecule has 3 heterocycles. The molecular formula is C18H22N4O3. The monoisotopic (exact) mass is 342 g/mol. The van der Waals surface area contributed by atoms with Crippen molar-refractivity contribution in [1.82, 2.24) is 19.8 Å². The molecule has 0 spiro atoms. The largest absolute Gasteiger partial charge is 0.481 e.